The lowest BCUT2D eigenvalue weighted by Crippen LogP contribution is -2.29. The lowest BCUT2D eigenvalue weighted by molar-refractivity contribution is 0.592. The summed E-state index contributed by atoms with van der Waals surface area (Å²) in [4.78, 5) is 0.289. The number of hydrogen-bond donors (Lipinski definition) is 0. The van der Waals surface area contributed by atoms with Crippen LogP contribution in [0.3, 0.4) is 0 Å². The van der Waals surface area contributed by atoms with Crippen LogP contribution in [0.4, 0.5) is 5.69 Å². The van der Waals surface area contributed by atoms with Crippen LogP contribution in [-0.4, -0.2) is 15.0 Å². The third-order valence-electron chi connectivity index (χ3n) is 3.31. The van der Waals surface area contributed by atoms with E-state index in [1.54, 1.807) is 18.2 Å². The number of benzene rings is 2. The average molecular weight is 417 g/mol. The van der Waals surface area contributed by atoms with E-state index >= 15 is 0 Å². The zero-order valence-corrected chi connectivity index (χ0v) is 14.4. The maximum Gasteiger partial charge on any atom is 0.265 e. The molecule has 0 radical (unpaired) electrons. The van der Waals surface area contributed by atoms with Gasteiger partial charge in [-0.3, -0.25) is 4.31 Å². The van der Waals surface area contributed by atoms with Gasteiger partial charge in [0.1, 0.15) is 4.90 Å². The fourth-order valence-corrected chi connectivity index (χ4v) is 5.57. The van der Waals surface area contributed by atoms with E-state index in [0.717, 1.165) is 22.1 Å². The Morgan fingerprint density at radius 2 is 1.80 bits per heavy atom. The van der Waals surface area contributed by atoms with Crippen LogP contribution < -0.4 is 4.31 Å². The van der Waals surface area contributed by atoms with E-state index in [1.807, 2.05) is 24.3 Å². The van der Waals surface area contributed by atoms with Gasteiger partial charge in [-0.2, -0.15) is 0 Å². The van der Waals surface area contributed by atoms with Crippen LogP contribution in [0.25, 0.3) is 0 Å². The summed E-state index contributed by atoms with van der Waals surface area (Å²) in [5.41, 5.74) is 1.85. The first-order valence-corrected chi connectivity index (χ1v) is 9.08. The molecule has 0 aliphatic carbocycles. The third-order valence-corrected chi connectivity index (χ3v) is 6.59. The Kier molecular flexibility index (Phi) is 3.64. The van der Waals surface area contributed by atoms with Crippen LogP contribution in [0, 0.1) is 0 Å². The Morgan fingerprint density at radius 3 is 2.55 bits per heavy atom. The van der Waals surface area contributed by atoms with E-state index in [4.69, 9.17) is 0 Å². The first-order chi connectivity index (χ1) is 9.50. The predicted octanol–water partition coefficient (Wildman–Crippen LogP) is 3.96. The van der Waals surface area contributed by atoms with Gasteiger partial charge < -0.3 is 0 Å². The van der Waals surface area contributed by atoms with E-state index < -0.39 is 10.0 Å². The van der Waals surface area contributed by atoms with Gasteiger partial charge in [0.05, 0.1) is 5.69 Å². The van der Waals surface area contributed by atoms with Crippen molar-refractivity contribution in [2.24, 2.45) is 0 Å². The average Bonchev–Trinajstić information content (AvgIpc) is 2.82. The van der Waals surface area contributed by atoms with Crippen LogP contribution in [0.15, 0.2) is 56.3 Å². The van der Waals surface area contributed by atoms with Crippen LogP contribution >= 0.6 is 31.9 Å². The molecule has 2 aromatic carbocycles. The van der Waals surface area contributed by atoms with Crippen molar-refractivity contribution >= 4 is 47.6 Å². The monoisotopic (exact) mass is 415 g/mol. The van der Waals surface area contributed by atoms with Crippen molar-refractivity contribution in [1.82, 2.24) is 0 Å². The molecule has 0 atom stereocenters. The predicted molar refractivity (Wildman–Crippen MR) is 86.5 cm³/mol. The van der Waals surface area contributed by atoms with Gasteiger partial charge in [0.25, 0.3) is 10.0 Å². The molecule has 3 rings (SSSR count). The van der Waals surface area contributed by atoms with E-state index in [1.165, 1.54) is 4.31 Å². The van der Waals surface area contributed by atoms with Gasteiger partial charge in [-0.05, 0) is 52.2 Å². The van der Waals surface area contributed by atoms with Crippen LogP contribution in [0.5, 0.6) is 0 Å². The molecule has 20 heavy (non-hydrogen) atoms. The van der Waals surface area contributed by atoms with Crippen molar-refractivity contribution in [3.63, 3.8) is 0 Å². The molecular formula is C14H11Br2NO2S. The largest absolute Gasteiger partial charge is 0.266 e. The van der Waals surface area contributed by atoms with Gasteiger partial charge in [0.15, 0.2) is 0 Å². The number of sulfonamides is 1. The molecule has 2 aromatic rings. The molecule has 0 saturated carbocycles. The minimum atomic E-state index is -3.53. The van der Waals surface area contributed by atoms with Crippen LogP contribution in [-0.2, 0) is 16.4 Å². The standard InChI is InChI=1S/C14H11Br2NO2S/c15-11-5-6-14(12(16)9-11)20(18,19)17-8-7-10-3-1-2-4-13(10)17/h1-6,9H,7-8H2. The summed E-state index contributed by atoms with van der Waals surface area (Å²) in [5.74, 6) is 0. The van der Waals surface area contributed by atoms with Gasteiger partial charge in [0, 0.05) is 15.5 Å². The number of fused-ring (bicyclic) bond motifs is 1. The van der Waals surface area contributed by atoms with Gasteiger partial charge in [-0.1, -0.05) is 34.1 Å². The second kappa shape index (κ2) is 5.16. The highest BCUT2D eigenvalue weighted by Crippen LogP contribution is 2.35. The molecule has 0 saturated heterocycles. The molecule has 0 unspecified atom stereocenters. The second-order valence-corrected chi connectivity index (χ2v) is 8.13. The minimum Gasteiger partial charge on any atom is -0.266 e. The summed E-state index contributed by atoms with van der Waals surface area (Å²) in [6.45, 7) is 0.490. The van der Waals surface area contributed by atoms with Crippen molar-refractivity contribution < 1.29 is 8.42 Å². The highest BCUT2D eigenvalue weighted by atomic mass is 79.9. The van der Waals surface area contributed by atoms with Crippen molar-refractivity contribution in [3.05, 3.63) is 57.0 Å². The lowest BCUT2D eigenvalue weighted by atomic mass is 10.2. The van der Waals surface area contributed by atoms with Gasteiger partial charge in [-0.25, -0.2) is 8.42 Å². The molecule has 0 spiro atoms. The highest BCUT2D eigenvalue weighted by Gasteiger charge is 2.31. The molecule has 6 heteroatoms. The number of anilines is 1. The molecule has 1 aliphatic heterocycles. The van der Waals surface area contributed by atoms with Crippen molar-refractivity contribution in [2.75, 3.05) is 10.8 Å². The zero-order chi connectivity index (χ0) is 14.3. The molecule has 1 aliphatic rings. The Hall–Kier alpha value is -0.850. The van der Waals surface area contributed by atoms with E-state index in [0.29, 0.717) is 11.0 Å². The smallest absolute Gasteiger partial charge is 0.265 e. The summed E-state index contributed by atoms with van der Waals surface area (Å²) in [6.07, 6.45) is 0.754. The molecular weight excluding hydrogens is 406 g/mol. The topological polar surface area (TPSA) is 37.4 Å². The number of nitrogens with zero attached hydrogens (tertiary/aromatic N) is 1. The zero-order valence-electron chi connectivity index (χ0n) is 10.4. The number of rotatable bonds is 2. The summed E-state index contributed by atoms with van der Waals surface area (Å²) in [5, 5.41) is 0. The van der Waals surface area contributed by atoms with Crippen LogP contribution in [0.1, 0.15) is 5.56 Å². The second-order valence-electron chi connectivity index (χ2n) is 4.53. The minimum absolute atomic E-state index is 0.289. The number of halogens is 2. The molecule has 0 bridgehead atoms. The quantitative estimate of drug-likeness (QED) is 0.742. The number of hydrogen-bond acceptors (Lipinski definition) is 2. The summed E-state index contributed by atoms with van der Waals surface area (Å²) in [7, 11) is -3.53. The molecule has 1 heterocycles. The highest BCUT2D eigenvalue weighted by molar-refractivity contribution is 9.11. The lowest BCUT2D eigenvalue weighted by Gasteiger charge is -2.20. The van der Waals surface area contributed by atoms with E-state index in [-0.39, 0.29) is 4.90 Å². The number of para-hydroxylation sites is 1. The molecule has 0 fully saturated rings. The molecule has 104 valence electrons. The summed E-state index contributed by atoms with van der Waals surface area (Å²) < 4.78 is 28.5. The van der Waals surface area contributed by atoms with Gasteiger partial charge in [0.2, 0.25) is 0 Å². The van der Waals surface area contributed by atoms with Gasteiger partial charge in [-0.15, -0.1) is 0 Å². The molecule has 0 N–H and O–H groups in total. The van der Waals surface area contributed by atoms with Crippen LogP contribution in [0.2, 0.25) is 0 Å². The molecule has 0 amide bonds. The van der Waals surface area contributed by atoms with E-state index in [2.05, 4.69) is 31.9 Å². The Morgan fingerprint density at radius 1 is 1.05 bits per heavy atom. The van der Waals surface area contributed by atoms with E-state index in [9.17, 15) is 8.42 Å². The molecule has 0 aromatic heterocycles. The SMILES string of the molecule is O=S(=O)(c1ccc(Br)cc1Br)N1CCc2ccccc21. The summed E-state index contributed by atoms with van der Waals surface area (Å²) >= 11 is 6.67. The van der Waals surface area contributed by atoms with Crippen molar-refractivity contribution in [1.29, 1.82) is 0 Å². The first kappa shape index (κ1) is 14.1. The fraction of sp³-hybridized carbons (Fsp3) is 0.143. The van der Waals surface area contributed by atoms with Crippen molar-refractivity contribution in [2.45, 2.75) is 11.3 Å². The Bertz CT molecular complexity index is 774. The van der Waals surface area contributed by atoms with Crippen molar-refractivity contribution in [3.8, 4) is 0 Å². The molecule has 3 nitrogen and oxygen atoms in total. The maximum atomic E-state index is 12.8. The van der Waals surface area contributed by atoms with Gasteiger partial charge >= 0.3 is 0 Å². The third kappa shape index (κ3) is 2.29. The summed E-state index contributed by atoms with van der Waals surface area (Å²) in [6, 6.07) is 12.7. The first-order valence-electron chi connectivity index (χ1n) is 6.06. The Balaban J connectivity index is 2.10. The fourth-order valence-electron chi connectivity index (χ4n) is 2.36. The maximum absolute atomic E-state index is 12.8. The normalized spacial score (nSPS) is 14.4. The Labute approximate surface area is 134 Å².